The second-order valence-electron chi connectivity index (χ2n) is 5.47. The van der Waals surface area contributed by atoms with Gasteiger partial charge in [-0.05, 0) is 38.4 Å². The molecule has 3 N–H and O–H groups in total. The van der Waals surface area contributed by atoms with Crippen molar-refractivity contribution in [3.8, 4) is 0 Å². The number of amidine groups is 1. The summed E-state index contributed by atoms with van der Waals surface area (Å²) in [6.07, 6.45) is 8.00. The molecule has 0 aliphatic carbocycles. The normalized spacial score (nSPS) is 29.3. The molecule has 0 aromatic rings. The molecular formula is C13H25N3O2S. The van der Waals surface area contributed by atoms with Crippen molar-refractivity contribution >= 4 is 17.6 Å². The number of nitrogens with zero attached hydrogens (tertiary/aromatic N) is 2. The summed E-state index contributed by atoms with van der Waals surface area (Å²) in [5.74, 6) is 0.369. The fourth-order valence-corrected chi connectivity index (χ4v) is 3.83. The van der Waals surface area contributed by atoms with Gasteiger partial charge >= 0.3 is 0 Å². The van der Waals surface area contributed by atoms with Crippen molar-refractivity contribution in [3.63, 3.8) is 0 Å². The van der Waals surface area contributed by atoms with Crippen LogP contribution in [0.2, 0.25) is 0 Å². The lowest BCUT2D eigenvalue weighted by molar-refractivity contribution is -0.00910. The van der Waals surface area contributed by atoms with Gasteiger partial charge in [-0.25, -0.2) is 0 Å². The standard InChI is InChI=1S/C13H25N3O2S/c1-19-13(12(14)15-17)5-7-16(8-6-13)10-11-4-2-3-9-18-11/h11,17H,2-10H2,1H3,(H2,14,15). The molecule has 1 atom stereocenters. The average Bonchev–Trinajstić information content (AvgIpc) is 2.48. The predicted molar refractivity (Wildman–Crippen MR) is 78.9 cm³/mol. The SMILES string of the molecule is CSC1(C(N)=NO)CCN(CC2CCCCO2)CC1. The minimum atomic E-state index is -0.182. The molecular weight excluding hydrogens is 262 g/mol. The summed E-state index contributed by atoms with van der Waals surface area (Å²) < 4.78 is 5.61. The summed E-state index contributed by atoms with van der Waals surface area (Å²) in [6.45, 7) is 3.94. The van der Waals surface area contributed by atoms with E-state index in [2.05, 4.69) is 10.1 Å². The second-order valence-corrected chi connectivity index (χ2v) is 6.66. The highest BCUT2D eigenvalue weighted by Gasteiger charge is 2.38. The molecule has 2 aliphatic rings. The Bertz CT molecular complexity index is 311. The molecule has 1 unspecified atom stereocenters. The quantitative estimate of drug-likeness (QED) is 0.355. The van der Waals surface area contributed by atoms with Crippen LogP contribution in [0.25, 0.3) is 0 Å². The van der Waals surface area contributed by atoms with Crippen molar-refractivity contribution in [2.75, 3.05) is 32.5 Å². The van der Waals surface area contributed by atoms with Crippen LogP contribution in [0.3, 0.4) is 0 Å². The number of oxime groups is 1. The molecule has 2 rings (SSSR count). The zero-order valence-electron chi connectivity index (χ0n) is 11.7. The molecule has 5 nitrogen and oxygen atoms in total. The van der Waals surface area contributed by atoms with Crippen LogP contribution in [0.4, 0.5) is 0 Å². The molecule has 2 aliphatic heterocycles. The number of thioether (sulfide) groups is 1. The van der Waals surface area contributed by atoms with E-state index in [1.807, 2.05) is 6.26 Å². The third-order valence-corrected chi connectivity index (χ3v) is 5.76. The largest absolute Gasteiger partial charge is 0.409 e. The minimum Gasteiger partial charge on any atom is -0.409 e. The van der Waals surface area contributed by atoms with Gasteiger partial charge in [-0.1, -0.05) is 5.16 Å². The molecule has 0 aromatic heterocycles. The van der Waals surface area contributed by atoms with Crippen LogP contribution in [0.1, 0.15) is 32.1 Å². The van der Waals surface area contributed by atoms with Crippen LogP contribution in [-0.2, 0) is 4.74 Å². The van der Waals surface area contributed by atoms with Crippen molar-refractivity contribution in [1.82, 2.24) is 4.90 Å². The summed E-state index contributed by atoms with van der Waals surface area (Å²) in [5.41, 5.74) is 5.86. The first kappa shape index (κ1) is 14.9. The summed E-state index contributed by atoms with van der Waals surface area (Å²) >= 11 is 1.70. The number of likely N-dealkylation sites (tertiary alicyclic amines) is 1. The first-order chi connectivity index (χ1) is 9.20. The third kappa shape index (κ3) is 3.55. The smallest absolute Gasteiger partial charge is 0.155 e. The highest BCUT2D eigenvalue weighted by Crippen LogP contribution is 2.35. The first-order valence-electron chi connectivity index (χ1n) is 7.07. The van der Waals surface area contributed by atoms with Gasteiger partial charge in [0.25, 0.3) is 0 Å². The molecule has 2 fully saturated rings. The van der Waals surface area contributed by atoms with Gasteiger partial charge in [-0.2, -0.15) is 11.8 Å². The van der Waals surface area contributed by atoms with Crippen LogP contribution < -0.4 is 5.73 Å². The molecule has 2 heterocycles. The second kappa shape index (κ2) is 6.81. The van der Waals surface area contributed by atoms with E-state index in [4.69, 9.17) is 15.7 Å². The molecule has 0 bridgehead atoms. The predicted octanol–water partition coefficient (Wildman–Crippen LogP) is 1.50. The van der Waals surface area contributed by atoms with Crippen LogP contribution >= 0.6 is 11.8 Å². The van der Waals surface area contributed by atoms with E-state index in [0.717, 1.165) is 39.1 Å². The monoisotopic (exact) mass is 287 g/mol. The van der Waals surface area contributed by atoms with E-state index in [9.17, 15) is 0 Å². The number of nitrogens with two attached hydrogens (primary N) is 1. The molecule has 2 saturated heterocycles. The Balaban J connectivity index is 1.84. The zero-order valence-corrected chi connectivity index (χ0v) is 12.5. The fraction of sp³-hybridized carbons (Fsp3) is 0.923. The van der Waals surface area contributed by atoms with Crippen LogP contribution in [0.15, 0.2) is 5.16 Å². The van der Waals surface area contributed by atoms with E-state index >= 15 is 0 Å². The van der Waals surface area contributed by atoms with Crippen molar-refractivity contribution in [1.29, 1.82) is 0 Å². The first-order valence-corrected chi connectivity index (χ1v) is 8.30. The summed E-state index contributed by atoms with van der Waals surface area (Å²) in [5, 5.41) is 12.2. The van der Waals surface area contributed by atoms with Gasteiger partial charge in [-0.3, -0.25) is 0 Å². The molecule has 110 valence electrons. The molecule has 6 heteroatoms. The number of piperidine rings is 1. The van der Waals surface area contributed by atoms with Gasteiger partial charge in [0.2, 0.25) is 0 Å². The summed E-state index contributed by atoms with van der Waals surface area (Å²) in [7, 11) is 0. The fourth-order valence-electron chi connectivity index (χ4n) is 2.99. The Morgan fingerprint density at radius 3 is 2.74 bits per heavy atom. The third-order valence-electron chi connectivity index (χ3n) is 4.36. The Kier molecular flexibility index (Phi) is 5.36. The lowest BCUT2D eigenvalue weighted by atomic mass is 9.94. The Morgan fingerprint density at radius 1 is 1.47 bits per heavy atom. The molecule has 0 spiro atoms. The molecule has 0 saturated carbocycles. The number of hydrogen-bond acceptors (Lipinski definition) is 5. The van der Waals surface area contributed by atoms with E-state index in [1.165, 1.54) is 19.3 Å². The Labute approximate surface area is 119 Å². The maximum Gasteiger partial charge on any atom is 0.155 e. The maximum absolute atomic E-state index is 8.93. The molecule has 19 heavy (non-hydrogen) atoms. The molecule has 0 radical (unpaired) electrons. The van der Waals surface area contributed by atoms with Crippen LogP contribution in [0.5, 0.6) is 0 Å². The zero-order chi connectivity index (χ0) is 13.7. The highest BCUT2D eigenvalue weighted by atomic mass is 32.2. The lowest BCUT2D eigenvalue weighted by Crippen LogP contribution is -2.51. The van der Waals surface area contributed by atoms with Gasteiger partial charge < -0.3 is 20.6 Å². The van der Waals surface area contributed by atoms with Gasteiger partial charge in [0.1, 0.15) is 0 Å². The van der Waals surface area contributed by atoms with Crippen molar-refractivity contribution in [2.45, 2.75) is 43.0 Å². The average molecular weight is 287 g/mol. The van der Waals surface area contributed by atoms with E-state index in [0.29, 0.717) is 11.9 Å². The van der Waals surface area contributed by atoms with Gasteiger partial charge in [0.15, 0.2) is 5.84 Å². The van der Waals surface area contributed by atoms with Gasteiger partial charge in [0, 0.05) is 26.2 Å². The summed E-state index contributed by atoms with van der Waals surface area (Å²) in [6, 6.07) is 0. The van der Waals surface area contributed by atoms with Gasteiger partial charge in [-0.15, -0.1) is 0 Å². The summed E-state index contributed by atoms with van der Waals surface area (Å²) in [4.78, 5) is 2.45. The molecule has 0 aromatic carbocycles. The van der Waals surface area contributed by atoms with E-state index < -0.39 is 0 Å². The number of ether oxygens (including phenoxy) is 1. The Hall–Kier alpha value is -0.460. The van der Waals surface area contributed by atoms with Crippen molar-refractivity contribution in [3.05, 3.63) is 0 Å². The Morgan fingerprint density at radius 2 is 2.21 bits per heavy atom. The van der Waals surface area contributed by atoms with Crippen LogP contribution in [-0.4, -0.2) is 59.3 Å². The van der Waals surface area contributed by atoms with Crippen molar-refractivity contribution < 1.29 is 9.94 Å². The lowest BCUT2D eigenvalue weighted by Gasteiger charge is -2.41. The minimum absolute atomic E-state index is 0.182. The number of rotatable bonds is 4. The topological polar surface area (TPSA) is 71.1 Å². The highest BCUT2D eigenvalue weighted by molar-refractivity contribution is 8.00. The molecule has 0 amide bonds. The maximum atomic E-state index is 8.93. The van der Waals surface area contributed by atoms with Gasteiger partial charge in [0.05, 0.1) is 10.9 Å². The van der Waals surface area contributed by atoms with Crippen molar-refractivity contribution in [2.24, 2.45) is 10.9 Å². The van der Waals surface area contributed by atoms with E-state index in [-0.39, 0.29) is 4.75 Å². The van der Waals surface area contributed by atoms with Crippen LogP contribution in [0, 0.1) is 0 Å². The number of hydrogen-bond donors (Lipinski definition) is 2. The van der Waals surface area contributed by atoms with E-state index in [1.54, 1.807) is 11.8 Å².